The van der Waals surface area contributed by atoms with Gasteiger partial charge in [0.1, 0.15) is 5.82 Å². The summed E-state index contributed by atoms with van der Waals surface area (Å²) in [6.07, 6.45) is 1.01. The molecule has 0 saturated carbocycles. The first kappa shape index (κ1) is 11.3. The summed E-state index contributed by atoms with van der Waals surface area (Å²) in [7, 11) is 2.06. The number of fused-ring (bicyclic) bond motifs is 1. The molecule has 1 amide bonds. The molecule has 3 rings (SSSR count). The SMILES string of the molecule is CC(=O)N1CCC(c2nc3ccccc3n2C)C1. The van der Waals surface area contributed by atoms with Gasteiger partial charge < -0.3 is 9.47 Å². The average Bonchev–Trinajstić information content (AvgIpc) is 2.95. The molecular weight excluding hydrogens is 226 g/mol. The standard InChI is InChI=1S/C14H17N3O/c1-10(18)17-8-7-11(9-17)14-15-12-5-3-4-6-13(12)16(14)2/h3-6,11H,7-9H2,1-2H3. The van der Waals surface area contributed by atoms with Crippen LogP contribution in [0.1, 0.15) is 25.1 Å². The number of hydrogen-bond donors (Lipinski definition) is 0. The number of aromatic nitrogens is 2. The Hall–Kier alpha value is -1.84. The van der Waals surface area contributed by atoms with Crippen LogP contribution in [0.3, 0.4) is 0 Å². The number of carbonyl (C=O) groups excluding carboxylic acids is 1. The highest BCUT2D eigenvalue weighted by Gasteiger charge is 2.28. The Labute approximate surface area is 106 Å². The van der Waals surface area contributed by atoms with Gasteiger partial charge in [-0.3, -0.25) is 4.79 Å². The minimum Gasteiger partial charge on any atom is -0.342 e. The van der Waals surface area contributed by atoms with Crippen molar-refractivity contribution in [3.05, 3.63) is 30.1 Å². The fraction of sp³-hybridized carbons (Fsp3) is 0.429. The number of amides is 1. The number of aryl methyl sites for hydroxylation is 1. The fourth-order valence-corrected chi connectivity index (χ4v) is 2.79. The van der Waals surface area contributed by atoms with Crippen molar-refractivity contribution in [1.29, 1.82) is 0 Å². The van der Waals surface area contributed by atoms with Gasteiger partial charge in [0, 0.05) is 33.0 Å². The number of likely N-dealkylation sites (tertiary alicyclic amines) is 1. The van der Waals surface area contributed by atoms with Crippen LogP contribution < -0.4 is 0 Å². The van der Waals surface area contributed by atoms with Gasteiger partial charge >= 0.3 is 0 Å². The van der Waals surface area contributed by atoms with E-state index in [0.29, 0.717) is 5.92 Å². The number of hydrogen-bond acceptors (Lipinski definition) is 2. The van der Waals surface area contributed by atoms with Gasteiger partial charge in [-0.15, -0.1) is 0 Å². The molecule has 1 unspecified atom stereocenters. The molecular formula is C14H17N3O. The average molecular weight is 243 g/mol. The molecule has 18 heavy (non-hydrogen) atoms. The number of para-hydroxylation sites is 2. The molecule has 0 aliphatic carbocycles. The maximum Gasteiger partial charge on any atom is 0.219 e. The second-order valence-corrected chi connectivity index (χ2v) is 4.97. The second kappa shape index (κ2) is 4.12. The molecule has 1 aromatic heterocycles. The number of nitrogens with zero attached hydrogens (tertiary/aromatic N) is 3. The second-order valence-electron chi connectivity index (χ2n) is 4.97. The van der Waals surface area contributed by atoms with E-state index in [2.05, 4.69) is 17.7 Å². The monoisotopic (exact) mass is 243 g/mol. The normalized spacial score (nSPS) is 19.7. The Morgan fingerprint density at radius 1 is 1.39 bits per heavy atom. The zero-order chi connectivity index (χ0) is 12.7. The summed E-state index contributed by atoms with van der Waals surface area (Å²) in [5, 5.41) is 0. The lowest BCUT2D eigenvalue weighted by Gasteiger charge is -2.13. The summed E-state index contributed by atoms with van der Waals surface area (Å²) in [5.41, 5.74) is 2.20. The molecule has 1 aromatic carbocycles. The first-order chi connectivity index (χ1) is 8.66. The van der Waals surface area contributed by atoms with E-state index < -0.39 is 0 Å². The van der Waals surface area contributed by atoms with Crippen molar-refractivity contribution >= 4 is 16.9 Å². The van der Waals surface area contributed by atoms with Crippen LogP contribution in [0.2, 0.25) is 0 Å². The molecule has 2 aromatic rings. The minimum absolute atomic E-state index is 0.163. The summed E-state index contributed by atoms with van der Waals surface area (Å²) in [6.45, 7) is 3.28. The molecule has 1 aliphatic rings. The van der Waals surface area contributed by atoms with Crippen LogP contribution in [-0.4, -0.2) is 33.4 Å². The molecule has 1 atom stereocenters. The predicted molar refractivity (Wildman–Crippen MR) is 70.3 cm³/mol. The Morgan fingerprint density at radius 2 is 2.17 bits per heavy atom. The molecule has 0 bridgehead atoms. The van der Waals surface area contributed by atoms with Crippen molar-refractivity contribution < 1.29 is 4.79 Å². The van der Waals surface area contributed by atoms with E-state index in [1.807, 2.05) is 23.1 Å². The van der Waals surface area contributed by atoms with E-state index in [1.54, 1.807) is 6.92 Å². The van der Waals surface area contributed by atoms with Crippen molar-refractivity contribution in [1.82, 2.24) is 14.5 Å². The Bertz CT molecular complexity index is 602. The number of rotatable bonds is 1. The third-order valence-electron chi connectivity index (χ3n) is 3.82. The molecule has 94 valence electrons. The maximum absolute atomic E-state index is 11.4. The summed E-state index contributed by atoms with van der Waals surface area (Å²) in [5.74, 6) is 1.63. The van der Waals surface area contributed by atoms with Crippen LogP contribution in [0, 0.1) is 0 Å². The smallest absolute Gasteiger partial charge is 0.219 e. The van der Waals surface area contributed by atoms with E-state index in [-0.39, 0.29) is 5.91 Å². The third kappa shape index (κ3) is 1.68. The van der Waals surface area contributed by atoms with Gasteiger partial charge in [-0.05, 0) is 18.6 Å². The lowest BCUT2D eigenvalue weighted by Crippen LogP contribution is -2.25. The summed E-state index contributed by atoms with van der Waals surface area (Å²) in [4.78, 5) is 18.0. The predicted octanol–water partition coefficient (Wildman–Crippen LogP) is 1.91. The third-order valence-corrected chi connectivity index (χ3v) is 3.82. The molecule has 0 spiro atoms. The quantitative estimate of drug-likeness (QED) is 0.767. The van der Waals surface area contributed by atoms with Crippen LogP contribution in [0.5, 0.6) is 0 Å². The Balaban J connectivity index is 1.96. The lowest BCUT2D eigenvalue weighted by molar-refractivity contribution is -0.127. The van der Waals surface area contributed by atoms with Crippen LogP contribution >= 0.6 is 0 Å². The van der Waals surface area contributed by atoms with Crippen LogP contribution in [0.15, 0.2) is 24.3 Å². The number of imidazole rings is 1. The molecule has 4 heteroatoms. The van der Waals surface area contributed by atoms with Gasteiger partial charge in [0.2, 0.25) is 5.91 Å². The highest BCUT2D eigenvalue weighted by Crippen LogP contribution is 2.28. The zero-order valence-electron chi connectivity index (χ0n) is 10.8. The van der Waals surface area contributed by atoms with Crippen LogP contribution in [-0.2, 0) is 11.8 Å². The molecule has 1 aliphatic heterocycles. The Kier molecular flexibility index (Phi) is 2.58. The van der Waals surface area contributed by atoms with E-state index in [9.17, 15) is 4.79 Å². The summed E-state index contributed by atoms with van der Waals surface area (Å²) >= 11 is 0. The molecule has 0 radical (unpaired) electrons. The lowest BCUT2D eigenvalue weighted by atomic mass is 10.1. The van der Waals surface area contributed by atoms with Crippen molar-refractivity contribution in [2.75, 3.05) is 13.1 Å². The highest BCUT2D eigenvalue weighted by molar-refractivity contribution is 5.76. The minimum atomic E-state index is 0.163. The number of benzene rings is 1. The van der Waals surface area contributed by atoms with E-state index >= 15 is 0 Å². The molecule has 4 nitrogen and oxygen atoms in total. The van der Waals surface area contributed by atoms with E-state index in [0.717, 1.165) is 36.4 Å². The molecule has 2 heterocycles. The van der Waals surface area contributed by atoms with Crippen molar-refractivity contribution in [3.8, 4) is 0 Å². The Morgan fingerprint density at radius 3 is 2.83 bits per heavy atom. The van der Waals surface area contributed by atoms with Crippen molar-refractivity contribution in [2.24, 2.45) is 7.05 Å². The van der Waals surface area contributed by atoms with Gasteiger partial charge in [-0.1, -0.05) is 12.1 Å². The molecule has 0 N–H and O–H groups in total. The van der Waals surface area contributed by atoms with Crippen molar-refractivity contribution in [2.45, 2.75) is 19.3 Å². The van der Waals surface area contributed by atoms with Gasteiger partial charge in [-0.2, -0.15) is 0 Å². The maximum atomic E-state index is 11.4. The van der Waals surface area contributed by atoms with Gasteiger partial charge in [-0.25, -0.2) is 4.98 Å². The summed E-state index contributed by atoms with van der Waals surface area (Å²) in [6, 6.07) is 8.17. The van der Waals surface area contributed by atoms with Crippen LogP contribution in [0.25, 0.3) is 11.0 Å². The van der Waals surface area contributed by atoms with Crippen molar-refractivity contribution in [3.63, 3.8) is 0 Å². The highest BCUT2D eigenvalue weighted by atomic mass is 16.2. The van der Waals surface area contributed by atoms with Gasteiger partial charge in [0.25, 0.3) is 0 Å². The fourth-order valence-electron chi connectivity index (χ4n) is 2.79. The summed E-state index contributed by atoms with van der Waals surface area (Å²) < 4.78 is 2.16. The van der Waals surface area contributed by atoms with E-state index in [1.165, 1.54) is 0 Å². The largest absolute Gasteiger partial charge is 0.342 e. The topological polar surface area (TPSA) is 38.1 Å². The molecule has 1 fully saturated rings. The van der Waals surface area contributed by atoms with E-state index in [4.69, 9.17) is 4.98 Å². The molecule has 1 saturated heterocycles. The van der Waals surface area contributed by atoms with Gasteiger partial charge in [0.15, 0.2) is 0 Å². The zero-order valence-corrected chi connectivity index (χ0v) is 10.8. The first-order valence-electron chi connectivity index (χ1n) is 6.33. The first-order valence-corrected chi connectivity index (χ1v) is 6.33. The number of carbonyl (C=O) groups is 1. The van der Waals surface area contributed by atoms with Crippen LogP contribution in [0.4, 0.5) is 0 Å². The van der Waals surface area contributed by atoms with Gasteiger partial charge in [0.05, 0.1) is 11.0 Å².